The number of likely N-dealkylation sites (tertiary alicyclic amines) is 1. The molecule has 0 radical (unpaired) electrons. The topological polar surface area (TPSA) is 56.6 Å². The van der Waals surface area contributed by atoms with Crippen LogP contribution < -0.4 is 5.32 Å². The van der Waals surface area contributed by atoms with Crippen LogP contribution >= 0.6 is 24.8 Å². The normalized spacial score (nSPS) is 24.6. The number of nitrogens with one attached hydrogen (secondary N) is 1. The third-order valence-corrected chi connectivity index (χ3v) is 5.21. The molecule has 0 saturated carbocycles. The van der Waals surface area contributed by atoms with Crippen molar-refractivity contribution in [1.29, 1.82) is 0 Å². The van der Waals surface area contributed by atoms with E-state index in [4.69, 9.17) is 5.10 Å². The lowest BCUT2D eigenvalue weighted by molar-refractivity contribution is 0.156. The molecule has 3 rings (SSSR count). The van der Waals surface area contributed by atoms with Gasteiger partial charge in [0, 0.05) is 45.4 Å². The van der Waals surface area contributed by atoms with Crippen LogP contribution in [0, 0.1) is 5.92 Å². The average Bonchev–Trinajstić information content (AvgIpc) is 2.69. The molecule has 0 unspecified atom stereocenters. The molecule has 1 aromatic heterocycles. The highest BCUT2D eigenvalue weighted by Crippen LogP contribution is 2.21. The van der Waals surface area contributed by atoms with Crippen molar-refractivity contribution in [3.05, 3.63) is 17.5 Å². The summed E-state index contributed by atoms with van der Waals surface area (Å²) in [5.41, 5.74) is 2.47. The Labute approximate surface area is 163 Å². The summed E-state index contributed by atoms with van der Waals surface area (Å²) in [6.07, 6.45) is 3.42. The van der Waals surface area contributed by atoms with Crippen molar-refractivity contribution in [2.24, 2.45) is 5.92 Å². The molecule has 146 valence electrons. The van der Waals surface area contributed by atoms with E-state index in [0.717, 1.165) is 52.1 Å². The van der Waals surface area contributed by atoms with E-state index in [1.54, 1.807) is 0 Å². The number of rotatable bonds is 4. The molecule has 0 bridgehead atoms. The van der Waals surface area contributed by atoms with Crippen molar-refractivity contribution in [2.45, 2.75) is 44.9 Å². The zero-order chi connectivity index (χ0) is 16.2. The second kappa shape index (κ2) is 10.7. The van der Waals surface area contributed by atoms with Crippen LogP contribution in [0.25, 0.3) is 0 Å². The molecule has 0 aliphatic carbocycles. The fourth-order valence-electron chi connectivity index (χ4n) is 3.78. The van der Waals surface area contributed by atoms with Crippen molar-refractivity contribution >= 4 is 24.8 Å². The van der Waals surface area contributed by atoms with E-state index in [-0.39, 0.29) is 24.8 Å². The summed E-state index contributed by atoms with van der Waals surface area (Å²) in [4.78, 5) is 4.80. The second-order valence-electron chi connectivity index (χ2n) is 7.32. The fraction of sp³-hybridized carbons (Fsp3) is 0.824. The van der Waals surface area contributed by atoms with E-state index in [1.165, 1.54) is 17.8 Å². The maximum absolute atomic E-state index is 9.62. The highest BCUT2D eigenvalue weighted by atomic mass is 35.5. The van der Waals surface area contributed by atoms with Crippen molar-refractivity contribution in [1.82, 2.24) is 24.9 Å². The lowest BCUT2D eigenvalue weighted by atomic mass is 10.0. The number of likely N-dealkylation sites (N-methyl/N-ethyl adjacent to an activating group) is 1. The molecule has 3 heterocycles. The molecule has 0 amide bonds. The molecule has 1 aromatic rings. The van der Waals surface area contributed by atoms with Crippen LogP contribution in [0.5, 0.6) is 0 Å². The molecule has 0 spiro atoms. The first-order chi connectivity index (χ1) is 11.2. The van der Waals surface area contributed by atoms with Crippen LogP contribution in [0.15, 0.2) is 6.07 Å². The average molecular weight is 394 g/mol. The Morgan fingerprint density at radius 2 is 2.08 bits per heavy atom. The summed E-state index contributed by atoms with van der Waals surface area (Å²) < 4.78 is 2.17. The number of hydrogen-bond donors (Lipinski definition) is 2. The smallest absolute Gasteiger partial charge is 0.0768 e. The van der Waals surface area contributed by atoms with Crippen LogP contribution in [0.3, 0.4) is 0 Å². The first-order valence-electron chi connectivity index (χ1n) is 8.91. The highest BCUT2D eigenvalue weighted by molar-refractivity contribution is 5.85. The van der Waals surface area contributed by atoms with E-state index in [2.05, 4.69) is 40.0 Å². The lowest BCUT2D eigenvalue weighted by Gasteiger charge is -2.28. The zero-order valence-electron chi connectivity index (χ0n) is 15.4. The number of fused-ring (bicyclic) bond motifs is 1. The van der Waals surface area contributed by atoms with Gasteiger partial charge in [-0.05, 0) is 51.9 Å². The molecule has 2 N–H and O–H groups in total. The fourth-order valence-corrected chi connectivity index (χ4v) is 3.78. The summed E-state index contributed by atoms with van der Waals surface area (Å²) >= 11 is 0. The van der Waals surface area contributed by atoms with Crippen LogP contribution in [-0.2, 0) is 19.6 Å². The van der Waals surface area contributed by atoms with Crippen LogP contribution in [0.1, 0.15) is 30.7 Å². The minimum Gasteiger partial charge on any atom is -0.396 e. The van der Waals surface area contributed by atoms with Crippen molar-refractivity contribution in [2.75, 3.05) is 40.3 Å². The van der Waals surface area contributed by atoms with Gasteiger partial charge in [-0.15, -0.1) is 24.8 Å². The van der Waals surface area contributed by atoms with Gasteiger partial charge in [-0.3, -0.25) is 9.58 Å². The molecular formula is C17H33Cl2N5O. The number of aliphatic hydroxyl groups is 1. The quantitative estimate of drug-likeness (QED) is 0.808. The molecular weight excluding hydrogens is 361 g/mol. The standard InChI is InChI=1S/C17H31N5O.2ClH/c1-20(2)16-5-4-14(13-23)10-21(12-16)11-15-8-17-9-18-6-3-7-22(17)19-15;;/h8,14,16,18,23H,3-7,9-13H2,1-2H3;2*1H/t14-,16+;;/m0../s1. The summed E-state index contributed by atoms with van der Waals surface area (Å²) in [5, 5.41) is 17.9. The Hall–Kier alpha value is -0.370. The zero-order valence-corrected chi connectivity index (χ0v) is 17.0. The van der Waals surface area contributed by atoms with Crippen LogP contribution in [0.2, 0.25) is 0 Å². The lowest BCUT2D eigenvalue weighted by Crippen LogP contribution is -2.39. The maximum Gasteiger partial charge on any atom is 0.0768 e. The third kappa shape index (κ3) is 6.08. The van der Waals surface area contributed by atoms with Gasteiger partial charge in [0.05, 0.1) is 11.4 Å². The van der Waals surface area contributed by atoms with Gasteiger partial charge in [0.2, 0.25) is 0 Å². The Balaban J connectivity index is 0.00000156. The second-order valence-corrected chi connectivity index (χ2v) is 7.32. The number of aliphatic hydroxyl groups excluding tert-OH is 1. The molecule has 2 aliphatic rings. The number of aryl methyl sites for hydroxylation is 1. The van der Waals surface area contributed by atoms with Crippen molar-refractivity contribution in [3.63, 3.8) is 0 Å². The van der Waals surface area contributed by atoms with Gasteiger partial charge in [0.15, 0.2) is 0 Å². The maximum atomic E-state index is 9.62. The van der Waals surface area contributed by atoms with E-state index in [1.807, 2.05) is 0 Å². The largest absolute Gasteiger partial charge is 0.396 e. The van der Waals surface area contributed by atoms with E-state index in [0.29, 0.717) is 18.6 Å². The SMILES string of the molecule is CN(C)[C@@H]1CC[C@H](CO)CN(Cc2cc3n(n2)CCCNC3)C1.Cl.Cl. The molecule has 8 heteroatoms. The van der Waals surface area contributed by atoms with E-state index >= 15 is 0 Å². The van der Waals surface area contributed by atoms with E-state index in [9.17, 15) is 5.11 Å². The van der Waals surface area contributed by atoms with Gasteiger partial charge >= 0.3 is 0 Å². The molecule has 1 fully saturated rings. The minimum atomic E-state index is 0. The van der Waals surface area contributed by atoms with Crippen LogP contribution in [-0.4, -0.2) is 71.1 Å². The van der Waals surface area contributed by atoms with E-state index < -0.39 is 0 Å². The Morgan fingerprint density at radius 3 is 2.80 bits per heavy atom. The predicted octanol–water partition coefficient (Wildman–Crippen LogP) is 1.35. The van der Waals surface area contributed by atoms with Crippen LogP contribution in [0.4, 0.5) is 0 Å². The first-order valence-corrected chi connectivity index (χ1v) is 8.91. The molecule has 0 aromatic carbocycles. The molecule has 25 heavy (non-hydrogen) atoms. The third-order valence-electron chi connectivity index (χ3n) is 5.21. The van der Waals surface area contributed by atoms with Gasteiger partial charge in [0.25, 0.3) is 0 Å². The number of aromatic nitrogens is 2. The van der Waals surface area contributed by atoms with Gasteiger partial charge in [-0.2, -0.15) is 5.10 Å². The summed E-state index contributed by atoms with van der Waals surface area (Å²) in [7, 11) is 4.32. The molecule has 1 saturated heterocycles. The monoisotopic (exact) mass is 393 g/mol. The Morgan fingerprint density at radius 1 is 1.28 bits per heavy atom. The number of halogens is 2. The Bertz CT molecular complexity index is 488. The molecule has 2 atom stereocenters. The Kier molecular flexibility index (Phi) is 9.70. The summed E-state index contributed by atoms with van der Waals surface area (Å²) in [5.74, 6) is 0.391. The van der Waals surface area contributed by atoms with Gasteiger partial charge < -0.3 is 15.3 Å². The number of nitrogens with zero attached hydrogens (tertiary/aromatic N) is 4. The van der Waals surface area contributed by atoms with Gasteiger partial charge in [0.1, 0.15) is 0 Å². The van der Waals surface area contributed by atoms with Gasteiger partial charge in [-0.1, -0.05) is 0 Å². The van der Waals surface area contributed by atoms with Crippen molar-refractivity contribution < 1.29 is 5.11 Å². The minimum absolute atomic E-state index is 0. The highest BCUT2D eigenvalue weighted by Gasteiger charge is 2.25. The van der Waals surface area contributed by atoms with Crippen molar-refractivity contribution in [3.8, 4) is 0 Å². The molecule has 6 nitrogen and oxygen atoms in total. The van der Waals surface area contributed by atoms with Gasteiger partial charge in [-0.25, -0.2) is 0 Å². The first kappa shape index (κ1) is 22.7. The summed E-state index contributed by atoms with van der Waals surface area (Å²) in [6.45, 7) is 6.23. The predicted molar refractivity (Wildman–Crippen MR) is 106 cm³/mol. The summed E-state index contributed by atoms with van der Waals surface area (Å²) in [6, 6.07) is 2.82. The molecule has 2 aliphatic heterocycles. The number of hydrogen-bond acceptors (Lipinski definition) is 5.